The summed E-state index contributed by atoms with van der Waals surface area (Å²) in [5.74, 6) is -0.128. The number of pyridine rings is 1. The van der Waals surface area contributed by atoms with E-state index < -0.39 is 17.6 Å². The van der Waals surface area contributed by atoms with E-state index >= 15 is 0 Å². The van der Waals surface area contributed by atoms with Crippen molar-refractivity contribution in [3.8, 4) is 11.4 Å². The molecule has 0 saturated heterocycles. The second-order valence-electron chi connectivity index (χ2n) is 6.07. The molecule has 1 amide bonds. The number of carbonyl (C=O) groups is 1. The van der Waals surface area contributed by atoms with Crippen molar-refractivity contribution in [3.05, 3.63) is 54.4 Å². The molecule has 0 bridgehead atoms. The molecule has 3 aromatic rings. The van der Waals surface area contributed by atoms with E-state index in [0.717, 1.165) is 23.4 Å². The van der Waals surface area contributed by atoms with Gasteiger partial charge in [-0.15, -0.1) is 10.2 Å². The van der Waals surface area contributed by atoms with Crippen LogP contribution in [0.3, 0.4) is 0 Å². The van der Waals surface area contributed by atoms with Gasteiger partial charge in [0.05, 0.1) is 30.2 Å². The molecular weight excluding hydrogens is 419 g/mol. The number of amides is 1. The number of ether oxygens (including phenoxy) is 1. The van der Waals surface area contributed by atoms with E-state index in [4.69, 9.17) is 4.74 Å². The van der Waals surface area contributed by atoms with E-state index in [1.165, 1.54) is 18.2 Å². The fourth-order valence-corrected chi connectivity index (χ4v) is 3.41. The SMILES string of the molecule is COCCn1c(SCC(=O)Nc2ccccc2C(F)(F)F)nnc1-c1ccncc1. The van der Waals surface area contributed by atoms with Gasteiger partial charge in [-0.1, -0.05) is 23.9 Å². The molecule has 2 aromatic heterocycles. The second kappa shape index (κ2) is 9.72. The largest absolute Gasteiger partial charge is 0.418 e. The molecule has 158 valence electrons. The maximum absolute atomic E-state index is 13.1. The molecule has 0 saturated carbocycles. The molecule has 11 heteroatoms. The van der Waals surface area contributed by atoms with E-state index in [2.05, 4.69) is 20.5 Å². The fraction of sp³-hybridized carbons (Fsp3) is 0.263. The molecule has 0 unspecified atom stereocenters. The summed E-state index contributed by atoms with van der Waals surface area (Å²) in [5, 5.41) is 11.1. The third-order valence-electron chi connectivity index (χ3n) is 4.01. The Kier molecular flexibility index (Phi) is 7.06. The van der Waals surface area contributed by atoms with Gasteiger partial charge in [0.15, 0.2) is 11.0 Å². The number of carbonyl (C=O) groups excluding carboxylic acids is 1. The van der Waals surface area contributed by atoms with Crippen molar-refractivity contribution in [2.24, 2.45) is 0 Å². The van der Waals surface area contributed by atoms with Crippen LogP contribution in [0.5, 0.6) is 0 Å². The van der Waals surface area contributed by atoms with Gasteiger partial charge in [0.25, 0.3) is 0 Å². The Bertz CT molecular complexity index is 995. The minimum atomic E-state index is -4.56. The van der Waals surface area contributed by atoms with Crippen LogP contribution < -0.4 is 5.32 Å². The molecule has 1 N–H and O–H groups in total. The predicted octanol–water partition coefficient (Wildman–Crippen LogP) is 3.74. The summed E-state index contributed by atoms with van der Waals surface area (Å²) >= 11 is 1.08. The van der Waals surface area contributed by atoms with E-state index in [9.17, 15) is 18.0 Å². The molecule has 2 heterocycles. The lowest BCUT2D eigenvalue weighted by atomic mass is 10.1. The molecule has 0 aliphatic carbocycles. The number of nitrogens with zero attached hydrogens (tertiary/aromatic N) is 4. The van der Waals surface area contributed by atoms with Crippen molar-refractivity contribution in [3.63, 3.8) is 0 Å². The molecule has 30 heavy (non-hydrogen) atoms. The molecule has 7 nitrogen and oxygen atoms in total. The first kappa shape index (κ1) is 21.8. The van der Waals surface area contributed by atoms with Gasteiger partial charge in [0.1, 0.15) is 0 Å². The van der Waals surface area contributed by atoms with E-state index in [0.29, 0.717) is 24.1 Å². The van der Waals surface area contributed by atoms with Gasteiger partial charge < -0.3 is 10.1 Å². The van der Waals surface area contributed by atoms with Crippen LogP contribution in [0.15, 0.2) is 53.9 Å². The topological polar surface area (TPSA) is 81.9 Å². The van der Waals surface area contributed by atoms with Crippen LogP contribution in [0.1, 0.15) is 5.56 Å². The standard InChI is InChI=1S/C19H18F3N5O2S/c1-29-11-10-27-17(13-6-8-23-9-7-13)25-26-18(27)30-12-16(28)24-15-5-3-2-4-14(15)19(20,21)22/h2-9H,10-12H2,1H3,(H,24,28). The zero-order valence-corrected chi connectivity index (χ0v) is 16.7. The second-order valence-corrected chi connectivity index (χ2v) is 7.01. The predicted molar refractivity (Wildman–Crippen MR) is 106 cm³/mol. The molecule has 0 atom stereocenters. The number of anilines is 1. The smallest absolute Gasteiger partial charge is 0.383 e. The van der Waals surface area contributed by atoms with E-state index in [-0.39, 0.29) is 11.4 Å². The zero-order valence-electron chi connectivity index (χ0n) is 15.9. The third-order valence-corrected chi connectivity index (χ3v) is 4.98. The number of methoxy groups -OCH3 is 1. The van der Waals surface area contributed by atoms with E-state index in [1.807, 2.05) is 0 Å². The number of aromatic nitrogens is 4. The highest BCUT2D eigenvalue weighted by molar-refractivity contribution is 7.99. The Labute approximate surface area is 174 Å². The average molecular weight is 437 g/mol. The Balaban J connectivity index is 1.73. The van der Waals surface area contributed by atoms with Crippen molar-refractivity contribution in [2.75, 3.05) is 24.8 Å². The lowest BCUT2D eigenvalue weighted by molar-refractivity contribution is -0.137. The summed E-state index contributed by atoms with van der Waals surface area (Å²) in [6.07, 6.45) is -1.30. The highest BCUT2D eigenvalue weighted by Gasteiger charge is 2.33. The van der Waals surface area contributed by atoms with Gasteiger partial charge >= 0.3 is 6.18 Å². The van der Waals surface area contributed by atoms with Crippen molar-refractivity contribution in [1.82, 2.24) is 19.7 Å². The quantitative estimate of drug-likeness (QED) is 0.541. The first-order valence-corrected chi connectivity index (χ1v) is 9.80. The average Bonchev–Trinajstić information content (AvgIpc) is 3.13. The van der Waals surface area contributed by atoms with Crippen molar-refractivity contribution < 1.29 is 22.7 Å². The molecule has 1 aromatic carbocycles. The first-order valence-electron chi connectivity index (χ1n) is 8.81. The number of hydrogen-bond acceptors (Lipinski definition) is 6. The molecule has 3 rings (SSSR count). The van der Waals surface area contributed by atoms with Gasteiger partial charge in [-0.25, -0.2) is 0 Å². The number of benzene rings is 1. The summed E-state index contributed by atoms with van der Waals surface area (Å²) in [6, 6.07) is 8.40. The summed E-state index contributed by atoms with van der Waals surface area (Å²) in [6.45, 7) is 0.844. The van der Waals surface area contributed by atoms with E-state index in [1.54, 1.807) is 36.2 Å². The number of para-hydroxylation sites is 1. The van der Waals surface area contributed by atoms with Crippen LogP contribution in [-0.2, 0) is 22.3 Å². The zero-order chi connectivity index (χ0) is 21.6. The highest BCUT2D eigenvalue weighted by atomic mass is 32.2. The molecule has 0 radical (unpaired) electrons. The van der Waals surface area contributed by atoms with Gasteiger partial charge in [0.2, 0.25) is 5.91 Å². The number of rotatable bonds is 8. The minimum absolute atomic E-state index is 0.131. The lowest BCUT2D eigenvalue weighted by Gasteiger charge is -2.13. The van der Waals surface area contributed by atoms with Crippen LogP contribution in [0.25, 0.3) is 11.4 Å². The van der Waals surface area contributed by atoms with Crippen LogP contribution in [0.4, 0.5) is 18.9 Å². The Morgan fingerprint density at radius 3 is 2.60 bits per heavy atom. The van der Waals surface area contributed by atoms with Crippen LogP contribution in [0, 0.1) is 0 Å². The Morgan fingerprint density at radius 2 is 1.90 bits per heavy atom. The van der Waals surface area contributed by atoms with Crippen molar-refractivity contribution in [2.45, 2.75) is 17.9 Å². The maximum atomic E-state index is 13.1. The van der Waals surface area contributed by atoms with Crippen molar-refractivity contribution in [1.29, 1.82) is 0 Å². The molecular formula is C19H18F3N5O2S. The summed E-state index contributed by atoms with van der Waals surface area (Å²) < 4.78 is 46.2. The number of halogens is 3. The normalized spacial score (nSPS) is 11.5. The van der Waals surface area contributed by atoms with Gasteiger partial charge in [-0.2, -0.15) is 13.2 Å². The number of nitrogens with one attached hydrogen (secondary N) is 1. The van der Waals surface area contributed by atoms with Crippen LogP contribution in [-0.4, -0.2) is 45.1 Å². The van der Waals surface area contributed by atoms with Gasteiger partial charge in [-0.3, -0.25) is 14.3 Å². The van der Waals surface area contributed by atoms with Crippen molar-refractivity contribution >= 4 is 23.4 Å². The van der Waals surface area contributed by atoms with Crippen LogP contribution >= 0.6 is 11.8 Å². The molecule has 0 spiro atoms. The summed E-state index contributed by atoms with van der Waals surface area (Å²) in [4.78, 5) is 16.3. The molecule has 0 fully saturated rings. The third kappa shape index (κ3) is 5.36. The minimum Gasteiger partial charge on any atom is -0.383 e. The monoisotopic (exact) mass is 437 g/mol. The number of thioether (sulfide) groups is 1. The maximum Gasteiger partial charge on any atom is 0.418 e. The molecule has 0 aliphatic rings. The van der Waals surface area contributed by atoms with Gasteiger partial charge in [-0.05, 0) is 24.3 Å². The number of hydrogen-bond donors (Lipinski definition) is 1. The van der Waals surface area contributed by atoms with Gasteiger partial charge in [0, 0.05) is 25.1 Å². The first-order chi connectivity index (χ1) is 14.4. The molecule has 0 aliphatic heterocycles. The Morgan fingerprint density at radius 1 is 1.17 bits per heavy atom. The fourth-order valence-electron chi connectivity index (χ4n) is 2.65. The Hall–Kier alpha value is -2.92. The highest BCUT2D eigenvalue weighted by Crippen LogP contribution is 2.34. The van der Waals surface area contributed by atoms with Crippen LogP contribution in [0.2, 0.25) is 0 Å². The lowest BCUT2D eigenvalue weighted by Crippen LogP contribution is -2.18. The number of alkyl halides is 3. The summed E-state index contributed by atoms with van der Waals surface area (Å²) in [7, 11) is 1.56. The summed E-state index contributed by atoms with van der Waals surface area (Å²) in [5.41, 5.74) is -0.385.